The van der Waals surface area contributed by atoms with Crippen molar-refractivity contribution in [2.75, 3.05) is 6.54 Å². The van der Waals surface area contributed by atoms with Crippen LogP contribution < -0.4 is 5.32 Å². The Bertz CT molecular complexity index is 403. The number of hydrogen-bond acceptors (Lipinski definition) is 3. The highest BCUT2D eigenvalue weighted by atomic mass is 15.3. The van der Waals surface area contributed by atoms with E-state index in [0.29, 0.717) is 23.3 Å². The Kier molecular flexibility index (Phi) is 6.85. The summed E-state index contributed by atoms with van der Waals surface area (Å²) in [5.74, 6) is 2.37. The molecule has 0 aliphatic carbocycles. The Morgan fingerprint density at radius 2 is 1.90 bits per heavy atom. The molecule has 1 aromatic rings. The minimum atomic E-state index is 0.347. The van der Waals surface area contributed by atoms with Crippen LogP contribution >= 0.6 is 0 Å². The molecule has 0 amide bonds. The average Bonchev–Trinajstić information content (AvgIpc) is 2.74. The van der Waals surface area contributed by atoms with Crippen LogP contribution in [0, 0.1) is 17.3 Å². The van der Waals surface area contributed by atoms with Crippen molar-refractivity contribution < 1.29 is 0 Å². The van der Waals surface area contributed by atoms with Crippen molar-refractivity contribution in [3.8, 4) is 0 Å². The predicted octanol–water partition coefficient (Wildman–Crippen LogP) is 3.53. The molecule has 1 rings (SSSR count). The summed E-state index contributed by atoms with van der Waals surface area (Å²) in [6, 6.07) is 0.472. The van der Waals surface area contributed by atoms with Crippen molar-refractivity contribution in [3.05, 3.63) is 12.2 Å². The molecule has 1 N–H and O–H groups in total. The van der Waals surface area contributed by atoms with E-state index >= 15 is 0 Å². The molecule has 0 aliphatic rings. The summed E-state index contributed by atoms with van der Waals surface area (Å²) >= 11 is 0. The van der Waals surface area contributed by atoms with Crippen molar-refractivity contribution >= 4 is 0 Å². The van der Waals surface area contributed by atoms with Crippen LogP contribution in [0.5, 0.6) is 0 Å². The standard InChI is InChI=1S/C17H34N4/c1-8-18-15(9-14(4)17(5,6)7)10-16-19-12-20-21(16)11-13(2)3/h12-15,18H,8-11H2,1-7H3. The molecule has 2 unspecified atom stereocenters. The largest absolute Gasteiger partial charge is 0.314 e. The zero-order chi connectivity index (χ0) is 16.0. The van der Waals surface area contributed by atoms with Gasteiger partial charge in [-0.15, -0.1) is 0 Å². The normalized spacial score (nSPS) is 15.4. The monoisotopic (exact) mass is 294 g/mol. The van der Waals surface area contributed by atoms with Crippen LogP contribution in [-0.4, -0.2) is 27.4 Å². The van der Waals surface area contributed by atoms with E-state index in [4.69, 9.17) is 0 Å². The fourth-order valence-electron chi connectivity index (χ4n) is 2.47. The van der Waals surface area contributed by atoms with Crippen LogP contribution in [0.15, 0.2) is 6.33 Å². The lowest BCUT2D eigenvalue weighted by atomic mass is 9.78. The molecular formula is C17H34N4. The lowest BCUT2D eigenvalue weighted by Crippen LogP contribution is -2.36. The highest BCUT2D eigenvalue weighted by molar-refractivity contribution is 4.91. The quantitative estimate of drug-likeness (QED) is 0.797. The van der Waals surface area contributed by atoms with Gasteiger partial charge in [0.1, 0.15) is 12.2 Å². The van der Waals surface area contributed by atoms with Gasteiger partial charge in [0, 0.05) is 19.0 Å². The lowest BCUT2D eigenvalue weighted by molar-refractivity contribution is 0.221. The van der Waals surface area contributed by atoms with Crippen LogP contribution in [0.2, 0.25) is 0 Å². The summed E-state index contributed by atoms with van der Waals surface area (Å²) in [7, 11) is 0. The van der Waals surface area contributed by atoms with Crippen molar-refractivity contribution in [2.24, 2.45) is 17.3 Å². The molecule has 1 heterocycles. The first kappa shape index (κ1) is 18.1. The first-order valence-corrected chi connectivity index (χ1v) is 8.34. The second-order valence-electron chi connectivity index (χ2n) is 7.71. The number of nitrogens with zero attached hydrogens (tertiary/aromatic N) is 3. The molecule has 2 atom stereocenters. The van der Waals surface area contributed by atoms with Crippen molar-refractivity contribution in [2.45, 2.75) is 73.9 Å². The Hall–Kier alpha value is -0.900. The zero-order valence-corrected chi connectivity index (χ0v) is 15.0. The molecule has 0 aromatic carbocycles. The number of nitrogens with one attached hydrogen (secondary N) is 1. The molecule has 0 radical (unpaired) electrons. The molecule has 4 nitrogen and oxygen atoms in total. The van der Waals surface area contributed by atoms with Crippen LogP contribution in [0.1, 0.15) is 60.7 Å². The average molecular weight is 294 g/mol. The van der Waals surface area contributed by atoms with Crippen molar-refractivity contribution in [1.29, 1.82) is 0 Å². The second-order valence-corrected chi connectivity index (χ2v) is 7.71. The topological polar surface area (TPSA) is 42.7 Å². The highest BCUT2D eigenvalue weighted by Gasteiger charge is 2.24. The molecule has 1 aromatic heterocycles. The third-order valence-corrected chi connectivity index (χ3v) is 4.27. The number of hydrogen-bond donors (Lipinski definition) is 1. The first-order chi connectivity index (χ1) is 9.74. The Labute approximate surface area is 130 Å². The van der Waals surface area contributed by atoms with E-state index in [9.17, 15) is 0 Å². The van der Waals surface area contributed by atoms with E-state index in [1.54, 1.807) is 6.33 Å². The molecule has 4 heteroatoms. The van der Waals surface area contributed by atoms with Gasteiger partial charge in [0.2, 0.25) is 0 Å². The van der Waals surface area contributed by atoms with Crippen LogP contribution in [0.3, 0.4) is 0 Å². The fraction of sp³-hybridized carbons (Fsp3) is 0.882. The molecule has 0 spiro atoms. The molecule has 0 bridgehead atoms. The molecule has 122 valence electrons. The highest BCUT2D eigenvalue weighted by Crippen LogP contribution is 2.29. The minimum Gasteiger partial charge on any atom is -0.314 e. The lowest BCUT2D eigenvalue weighted by Gasteiger charge is -2.31. The number of aromatic nitrogens is 3. The maximum Gasteiger partial charge on any atom is 0.138 e. The van der Waals surface area contributed by atoms with Crippen LogP contribution in [-0.2, 0) is 13.0 Å². The maximum absolute atomic E-state index is 4.47. The predicted molar refractivity (Wildman–Crippen MR) is 89.3 cm³/mol. The van der Waals surface area contributed by atoms with Gasteiger partial charge in [-0.25, -0.2) is 9.67 Å². The van der Waals surface area contributed by atoms with E-state index in [2.05, 4.69) is 68.5 Å². The summed E-state index contributed by atoms with van der Waals surface area (Å²) in [5.41, 5.74) is 0.347. The second kappa shape index (κ2) is 7.92. The zero-order valence-electron chi connectivity index (χ0n) is 15.0. The van der Waals surface area contributed by atoms with Gasteiger partial charge in [-0.05, 0) is 30.2 Å². The van der Waals surface area contributed by atoms with E-state index in [-0.39, 0.29) is 0 Å². The van der Waals surface area contributed by atoms with E-state index < -0.39 is 0 Å². The van der Waals surface area contributed by atoms with E-state index in [0.717, 1.165) is 25.3 Å². The third kappa shape index (κ3) is 6.16. The molecule has 0 saturated heterocycles. The van der Waals surface area contributed by atoms with E-state index in [1.165, 1.54) is 6.42 Å². The fourth-order valence-corrected chi connectivity index (χ4v) is 2.47. The van der Waals surface area contributed by atoms with Crippen LogP contribution in [0.25, 0.3) is 0 Å². The summed E-state index contributed by atoms with van der Waals surface area (Å²) in [4.78, 5) is 4.47. The summed E-state index contributed by atoms with van der Waals surface area (Å²) < 4.78 is 2.07. The van der Waals surface area contributed by atoms with Gasteiger partial charge in [-0.2, -0.15) is 5.10 Å². The van der Waals surface area contributed by atoms with Gasteiger partial charge in [0.15, 0.2) is 0 Å². The minimum absolute atomic E-state index is 0.347. The summed E-state index contributed by atoms with van der Waals surface area (Å²) in [5, 5.41) is 8.00. The van der Waals surface area contributed by atoms with E-state index in [1.807, 2.05) is 0 Å². The van der Waals surface area contributed by atoms with Gasteiger partial charge in [-0.3, -0.25) is 0 Å². The smallest absolute Gasteiger partial charge is 0.138 e. The van der Waals surface area contributed by atoms with Gasteiger partial charge in [-0.1, -0.05) is 48.5 Å². The molecule has 0 saturated carbocycles. The summed E-state index contributed by atoms with van der Waals surface area (Å²) in [6.07, 6.45) is 3.82. The number of rotatable bonds is 8. The van der Waals surface area contributed by atoms with Crippen LogP contribution in [0.4, 0.5) is 0 Å². The third-order valence-electron chi connectivity index (χ3n) is 4.27. The van der Waals surface area contributed by atoms with Gasteiger partial charge in [0.05, 0.1) is 0 Å². The number of likely N-dealkylation sites (N-methyl/N-ethyl adjacent to an activating group) is 1. The maximum atomic E-state index is 4.47. The summed E-state index contributed by atoms with van der Waals surface area (Å²) in [6.45, 7) is 17.9. The Morgan fingerprint density at radius 1 is 1.24 bits per heavy atom. The van der Waals surface area contributed by atoms with Gasteiger partial charge < -0.3 is 5.32 Å². The SMILES string of the molecule is CCNC(Cc1ncnn1CC(C)C)CC(C)C(C)(C)C. The first-order valence-electron chi connectivity index (χ1n) is 8.34. The molecular weight excluding hydrogens is 260 g/mol. The molecule has 0 fully saturated rings. The molecule has 0 aliphatic heterocycles. The van der Waals surface area contributed by atoms with Gasteiger partial charge in [0.25, 0.3) is 0 Å². The van der Waals surface area contributed by atoms with Crippen molar-refractivity contribution in [1.82, 2.24) is 20.1 Å². The van der Waals surface area contributed by atoms with Crippen molar-refractivity contribution in [3.63, 3.8) is 0 Å². The Morgan fingerprint density at radius 3 is 2.43 bits per heavy atom. The van der Waals surface area contributed by atoms with Gasteiger partial charge >= 0.3 is 0 Å². The molecule has 21 heavy (non-hydrogen) atoms. The Balaban J connectivity index is 2.72.